The molecule has 2 aliphatic heterocycles. The highest BCUT2D eigenvalue weighted by molar-refractivity contribution is 4.99. The maximum absolute atomic E-state index is 9.44. The van der Waals surface area contributed by atoms with E-state index in [1.165, 1.54) is 0 Å². The third-order valence-electron chi connectivity index (χ3n) is 3.63. The zero-order valence-corrected chi connectivity index (χ0v) is 9.82. The normalized spacial score (nSPS) is 48.2. The second kappa shape index (κ2) is 3.42. The summed E-state index contributed by atoms with van der Waals surface area (Å²) in [7, 11) is 0. The average molecular weight is 216 g/mol. The Bertz CT molecular complexity index is 247. The molecule has 2 rings (SSSR count). The van der Waals surface area contributed by atoms with Gasteiger partial charge in [-0.25, -0.2) is 0 Å². The fraction of sp³-hybridized carbons (Fsp3) is 1.00. The summed E-state index contributed by atoms with van der Waals surface area (Å²) >= 11 is 0. The van der Waals surface area contributed by atoms with E-state index < -0.39 is 11.4 Å². The molecule has 0 bridgehead atoms. The van der Waals surface area contributed by atoms with E-state index >= 15 is 0 Å². The van der Waals surface area contributed by atoms with Crippen LogP contribution in [-0.4, -0.2) is 35.5 Å². The summed E-state index contributed by atoms with van der Waals surface area (Å²) < 4.78 is 17.3. The smallest absolute Gasteiger partial charge is 0.188 e. The fourth-order valence-electron chi connectivity index (χ4n) is 2.52. The Kier molecular flexibility index (Phi) is 2.58. The number of aliphatic hydroxyl groups is 1. The molecule has 15 heavy (non-hydrogen) atoms. The monoisotopic (exact) mass is 216 g/mol. The molecule has 2 heterocycles. The standard InChI is InChI=1S/C11H20O4/c1-5-11(6-12)7(2)8-9(15-11)14-10(3,4)13-8/h7-9,12H,5-6H2,1-4H3. The van der Waals surface area contributed by atoms with Crippen LogP contribution >= 0.6 is 0 Å². The largest absolute Gasteiger partial charge is 0.393 e. The summed E-state index contributed by atoms with van der Waals surface area (Å²) in [5, 5.41) is 9.44. The second-order valence-electron chi connectivity index (χ2n) is 4.95. The van der Waals surface area contributed by atoms with E-state index in [4.69, 9.17) is 14.2 Å². The molecule has 2 saturated heterocycles. The van der Waals surface area contributed by atoms with Gasteiger partial charge >= 0.3 is 0 Å². The molecule has 0 aromatic rings. The van der Waals surface area contributed by atoms with Gasteiger partial charge in [-0.05, 0) is 20.3 Å². The van der Waals surface area contributed by atoms with E-state index in [1.807, 2.05) is 20.8 Å². The van der Waals surface area contributed by atoms with Crippen molar-refractivity contribution in [2.24, 2.45) is 5.92 Å². The number of hydrogen-bond donors (Lipinski definition) is 1. The van der Waals surface area contributed by atoms with Crippen molar-refractivity contribution in [3.63, 3.8) is 0 Å². The van der Waals surface area contributed by atoms with Crippen LogP contribution in [0.5, 0.6) is 0 Å². The number of fused-ring (bicyclic) bond motifs is 1. The minimum Gasteiger partial charge on any atom is -0.393 e. The van der Waals surface area contributed by atoms with Crippen LogP contribution in [0.25, 0.3) is 0 Å². The highest BCUT2D eigenvalue weighted by Crippen LogP contribution is 2.46. The molecule has 2 fully saturated rings. The first-order valence-electron chi connectivity index (χ1n) is 5.58. The van der Waals surface area contributed by atoms with Crippen LogP contribution in [0.3, 0.4) is 0 Å². The van der Waals surface area contributed by atoms with Gasteiger partial charge < -0.3 is 19.3 Å². The molecule has 4 unspecified atom stereocenters. The van der Waals surface area contributed by atoms with Gasteiger partial charge in [-0.3, -0.25) is 0 Å². The Morgan fingerprint density at radius 3 is 2.33 bits per heavy atom. The first-order valence-corrected chi connectivity index (χ1v) is 5.58. The van der Waals surface area contributed by atoms with Crippen LogP contribution in [0.15, 0.2) is 0 Å². The number of aliphatic hydroxyl groups excluding tert-OH is 1. The molecule has 0 saturated carbocycles. The molecule has 4 atom stereocenters. The number of rotatable bonds is 2. The Morgan fingerprint density at radius 1 is 1.20 bits per heavy atom. The topological polar surface area (TPSA) is 47.9 Å². The zero-order chi connectivity index (χ0) is 11.3. The van der Waals surface area contributed by atoms with Crippen molar-refractivity contribution in [3.05, 3.63) is 0 Å². The lowest BCUT2D eigenvalue weighted by Gasteiger charge is -2.32. The summed E-state index contributed by atoms with van der Waals surface area (Å²) in [5.74, 6) is -0.418. The van der Waals surface area contributed by atoms with E-state index in [0.29, 0.717) is 0 Å². The van der Waals surface area contributed by atoms with Crippen molar-refractivity contribution in [1.29, 1.82) is 0 Å². The molecule has 0 radical (unpaired) electrons. The van der Waals surface area contributed by atoms with E-state index in [9.17, 15) is 5.11 Å². The SMILES string of the molecule is CCC1(CO)OC2OC(C)(C)OC2C1C. The van der Waals surface area contributed by atoms with Crippen LogP contribution in [0.4, 0.5) is 0 Å². The molecule has 4 nitrogen and oxygen atoms in total. The lowest BCUT2D eigenvalue weighted by atomic mass is 9.86. The van der Waals surface area contributed by atoms with Gasteiger partial charge in [-0.1, -0.05) is 13.8 Å². The van der Waals surface area contributed by atoms with E-state index in [-0.39, 0.29) is 24.9 Å². The van der Waals surface area contributed by atoms with E-state index in [2.05, 4.69) is 6.92 Å². The van der Waals surface area contributed by atoms with Crippen molar-refractivity contribution in [2.45, 2.75) is 57.9 Å². The van der Waals surface area contributed by atoms with Gasteiger partial charge in [0.25, 0.3) is 0 Å². The molecular formula is C11H20O4. The van der Waals surface area contributed by atoms with Gasteiger partial charge in [0.2, 0.25) is 0 Å². The van der Waals surface area contributed by atoms with Crippen LogP contribution in [-0.2, 0) is 14.2 Å². The highest BCUT2D eigenvalue weighted by Gasteiger charge is 2.58. The Labute approximate surface area is 90.5 Å². The number of ether oxygens (including phenoxy) is 3. The highest BCUT2D eigenvalue weighted by atomic mass is 16.8. The molecule has 1 N–H and O–H groups in total. The van der Waals surface area contributed by atoms with Crippen molar-refractivity contribution in [1.82, 2.24) is 0 Å². The first kappa shape index (κ1) is 11.3. The maximum Gasteiger partial charge on any atom is 0.188 e. The minimum absolute atomic E-state index is 0.0187. The van der Waals surface area contributed by atoms with E-state index in [1.54, 1.807) is 0 Å². The van der Waals surface area contributed by atoms with Crippen molar-refractivity contribution >= 4 is 0 Å². The lowest BCUT2D eigenvalue weighted by Crippen LogP contribution is -2.42. The average Bonchev–Trinajstić information content (AvgIpc) is 2.59. The summed E-state index contributed by atoms with van der Waals surface area (Å²) in [4.78, 5) is 0. The van der Waals surface area contributed by atoms with Crippen molar-refractivity contribution in [2.75, 3.05) is 6.61 Å². The molecule has 0 aliphatic carbocycles. The molecule has 0 aromatic heterocycles. The molecule has 2 aliphatic rings. The van der Waals surface area contributed by atoms with Gasteiger partial charge in [0.1, 0.15) is 6.10 Å². The Hall–Kier alpha value is -0.160. The second-order valence-corrected chi connectivity index (χ2v) is 4.95. The maximum atomic E-state index is 9.44. The Morgan fingerprint density at radius 2 is 1.87 bits per heavy atom. The third kappa shape index (κ3) is 1.60. The third-order valence-corrected chi connectivity index (χ3v) is 3.63. The number of hydrogen-bond acceptors (Lipinski definition) is 4. The van der Waals surface area contributed by atoms with Crippen LogP contribution in [0.2, 0.25) is 0 Å². The Balaban J connectivity index is 2.17. The summed E-state index contributed by atoms with van der Waals surface area (Å²) in [6.45, 7) is 7.85. The molecule has 0 spiro atoms. The first-order chi connectivity index (χ1) is 6.94. The summed E-state index contributed by atoms with van der Waals surface area (Å²) in [5.41, 5.74) is -0.494. The van der Waals surface area contributed by atoms with Crippen LogP contribution in [0.1, 0.15) is 34.1 Å². The zero-order valence-electron chi connectivity index (χ0n) is 9.82. The molecule has 0 aromatic carbocycles. The van der Waals surface area contributed by atoms with Crippen LogP contribution in [0, 0.1) is 5.92 Å². The summed E-state index contributed by atoms with van der Waals surface area (Å²) in [6.07, 6.45) is 0.374. The fourth-order valence-corrected chi connectivity index (χ4v) is 2.52. The summed E-state index contributed by atoms with van der Waals surface area (Å²) in [6, 6.07) is 0. The van der Waals surface area contributed by atoms with Crippen LogP contribution < -0.4 is 0 Å². The quantitative estimate of drug-likeness (QED) is 0.755. The van der Waals surface area contributed by atoms with Crippen molar-refractivity contribution < 1.29 is 19.3 Å². The van der Waals surface area contributed by atoms with Gasteiger partial charge in [0.15, 0.2) is 12.1 Å². The molecule has 88 valence electrons. The van der Waals surface area contributed by atoms with Gasteiger partial charge in [-0.2, -0.15) is 0 Å². The van der Waals surface area contributed by atoms with Crippen molar-refractivity contribution in [3.8, 4) is 0 Å². The minimum atomic E-state index is -0.570. The van der Waals surface area contributed by atoms with Gasteiger partial charge in [0.05, 0.1) is 12.2 Å². The molecule has 0 amide bonds. The molecular weight excluding hydrogens is 196 g/mol. The predicted molar refractivity (Wildman–Crippen MR) is 54.2 cm³/mol. The molecule has 4 heteroatoms. The van der Waals surface area contributed by atoms with Gasteiger partial charge in [-0.15, -0.1) is 0 Å². The van der Waals surface area contributed by atoms with Gasteiger partial charge in [0, 0.05) is 5.92 Å². The van der Waals surface area contributed by atoms with E-state index in [0.717, 1.165) is 6.42 Å². The lowest BCUT2D eigenvalue weighted by molar-refractivity contribution is -0.238. The predicted octanol–water partition coefficient (Wildman–Crippen LogP) is 1.27.